The standard InChI is InChI=1S/C26H23F2N3O3/c27-20-8-11-23(28)22(16-20)26(34)31-14-12-30(13-15-31)25(33)17-24(32)29-21-9-6-19(7-10-21)18-4-2-1-3-5-18/h1-11,16H,12-15,17H2,(H,29,32). The first kappa shape index (κ1) is 23.1. The summed E-state index contributed by atoms with van der Waals surface area (Å²) >= 11 is 0. The largest absolute Gasteiger partial charge is 0.339 e. The Morgan fingerprint density at radius 1 is 0.765 bits per heavy atom. The van der Waals surface area contributed by atoms with Crippen molar-refractivity contribution in [3.63, 3.8) is 0 Å². The monoisotopic (exact) mass is 463 g/mol. The molecule has 34 heavy (non-hydrogen) atoms. The van der Waals surface area contributed by atoms with E-state index >= 15 is 0 Å². The number of halogens is 2. The summed E-state index contributed by atoms with van der Waals surface area (Å²) in [6.07, 6.45) is -0.326. The summed E-state index contributed by atoms with van der Waals surface area (Å²) in [7, 11) is 0. The lowest BCUT2D eigenvalue weighted by Crippen LogP contribution is -2.51. The summed E-state index contributed by atoms with van der Waals surface area (Å²) < 4.78 is 27.3. The van der Waals surface area contributed by atoms with Crippen LogP contribution in [-0.2, 0) is 9.59 Å². The number of nitrogens with zero attached hydrogens (tertiary/aromatic N) is 2. The molecule has 0 aromatic heterocycles. The van der Waals surface area contributed by atoms with E-state index in [1.54, 1.807) is 12.1 Å². The highest BCUT2D eigenvalue weighted by Gasteiger charge is 2.27. The van der Waals surface area contributed by atoms with Crippen LogP contribution in [0, 0.1) is 11.6 Å². The Labute approximate surface area is 195 Å². The Morgan fingerprint density at radius 3 is 2.06 bits per heavy atom. The molecule has 0 bridgehead atoms. The summed E-state index contributed by atoms with van der Waals surface area (Å²) in [5.74, 6) is -2.90. The molecule has 0 spiro atoms. The van der Waals surface area contributed by atoms with E-state index in [1.807, 2.05) is 42.5 Å². The quantitative estimate of drug-likeness (QED) is 0.583. The molecule has 174 valence electrons. The maximum Gasteiger partial charge on any atom is 0.257 e. The molecule has 0 aliphatic carbocycles. The van der Waals surface area contributed by atoms with Gasteiger partial charge in [0.05, 0.1) is 5.56 Å². The molecule has 3 amide bonds. The molecule has 1 N–H and O–H groups in total. The van der Waals surface area contributed by atoms with Gasteiger partial charge < -0.3 is 15.1 Å². The minimum Gasteiger partial charge on any atom is -0.339 e. The van der Waals surface area contributed by atoms with Crippen molar-refractivity contribution >= 4 is 23.4 Å². The molecule has 1 aliphatic heterocycles. The van der Waals surface area contributed by atoms with Gasteiger partial charge in [0.1, 0.15) is 18.1 Å². The van der Waals surface area contributed by atoms with Crippen molar-refractivity contribution < 1.29 is 23.2 Å². The van der Waals surface area contributed by atoms with E-state index in [9.17, 15) is 23.2 Å². The molecule has 4 rings (SSSR count). The predicted molar refractivity (Wildman–Crippen MR) is 124 cm³/mol. The molecule has 1 heterocycles. The van der Waals surface area contributed by atoms with Gasteiger partial charge in [-0.15, -0.1) is 0 Å². The molecule has 1 saturated heterocycles. The maximum atomic E-state index is 13.9. The smallest absolute Gasteiger partial charge is 0.257 e. The van der Waals surface area contributed by atoms with Gasteiger partial charge >= 0.3 is 0 Å². The Balaban J connectivity index is 1.27. The fraction of sp³-hybridized carbons (Fsp3) is 0.192. The lowest BCUT2D eigenvalue weighted by molar-refractivity contribution is -0.135. The van der Waals surface area contributed by atoms with Gasteiger partial charge in [-0.1, -0.05) is 42.5 Å². The van der Waals surface area contributed by atoms with Crippen molar-refractivity contribution in [1.29, 1.82) is 0 Å². The van der Waals surface area contributed by atoms with Crippen LogP contribution >= 0.6 is 0 Å². The van der Waals surface area contributed by atoms with Crippen molar-refractivity contribution in [3.05, 3.63) is 90.0 Å². The first-order valence-corrected chi connectivity index (χ1v) is 10.9. The molecule has 3 aromatic carbocycles. The van der Waals surface area contributed by atoms with E-state index in [0.29, 0.717) is 5.69 Å². The summed E-state index contributed by atoms with van der Waals surface area (Å²) in [5, 5.41) is 2.72. The van der Waals surface area contributed by atoms with Crippen LogP contribution in [0.4, 0.5) is 14.5 Å². The molecule has 3 aromatic rings. The fourth-order valence-electron chi connectivity index (χ4n) is 3.82. The maximum absolute atomic E-state index is 13.9. The average molecular weight is 463 g/mol. The number of piperazine rings is 1. The molecule has 0 unspecified atom stereocenters. The van der Waals surface area contributed by atoms with Crippen LogP contribution in [0.25, 0.3) is 11.1 Å². The van der Waals surface area contributed by atoms with Crippen molar-refractivity contribution in [2.75, 3.05) is 31.5 Å². The SMILES string of the molecule is O=C(CC(=O)N1CCN(C(=O)c2cc(F)ccc2F)CC1)Nc1ccc(-c2ccccc2)cc1. The van der Waals surface area contributed by atoms with Gasteiger partial charge in [-0.3, -0.25) is 14.4 Å². The molecular weight excluding hydrogens is 440 g/mol. The van der Waals surface area contributed by atoms with Crippen molar-refractivity contribution in [2.24, 2.45) is 0 Å². The van der Waals surface area contributed by atoms with Crippen LogP contribution in [0.2, 0.25) is 0 Å². The van der Waals surface area contributed by atoms with Crippen molar-refractivity contribution in [3.8, 4) is 11.1 Å². The fourth-order valence-corrected chi connectivity index (χ4v) is 3.82. The third-order valence-electron chi connectivity index (χ3n) is 5.67. The zero-order valence-corrected chi connectivity index (χ0v) is 18.3. The van der Waals surface area contributed by atoms with E-state index in [4.69, 9.17) is 0 Å². The third kappa shape index (κ3) is 5.46. The Bertz CT molecular complexity index is 1190. The highest BCUT2D eigenvalue weighted by molar-refractivity contribution is 6.03. The summed E-state index contributed by atoms with van der Waals surface area (Å²) in [4.78, 5) is 40.2. The number of carbonyl (C=O) groups is 3. The minimum atomic E-state index is -0.793. The zero-order chi connectivity index (χ0) is 24.1. The highest BCUT2D eigenvalue weighted by atomic mass is 19.1. The predicted octanol–water partition coefficient (Wildman–Crippen LogP) is 3.95. The number of benzene rings is 3. The first-order valence-electron chi connectivity index (χ1n) is 10.9. The second kappa shape index (κ2) is 10.2. The van der Waals surface area contributed by atoms with E-state index < -0.39 is 23.4 Å². The summed E-state index contributed by atoms with van der Waals surface area (Å²) in [6, 6.07) is 19.9. The van der Waals surface area contributed by atoms with E-state index in [0.717, 1.165) is 29.3 Å². The van der Waals surface area contributed by atoms with E-state index in [-0.39, 0.29) is 44.1 Å². The van der Waals surface area contributed by atoms with Crippen molar-refractivity contribution in [1.82, 2.24) is 9.80 Å². The van der Waals surface area contributed by atoms with Gasteiger partial charge in [-0.05, 0) is 41.5 Å². The molecule has 8 heteroatoms. The second-order valence-corrected chi connectivity index (χ2v) is 7.97. The van der Waals surface area contributed by atoms with Gasteiger partial charge in [0, 0.05) is 31.9 Å². The zero-order valence-electron chi connectivity index (χ0n) is 18.3. The number of hydrogen-bond donors (Lipinski definition) is 1. The van der Waals surface area contributed by atoms with Crippen LogP contribution in [0.5, 0.6) is 0 Å². The highest BCUT2D eigenvalue weighted by Crippen LogP contribution is 2.21. The van der Waals surface area contributed by atoms with Crippen LogP contribution in [0.3, 0.4) is 0 Å². The number of anilines is 1. The second-order valence-electron chi connectivity index (χ2n) is 7.97. The van der Waals surface area contributed by atoms with Crippen LogP contribution < -0.4 is 5.32 Å². The summed E-state index contributed by atoms with van der Waals surface area (Å²) in [6.45, 7) is 0.757. The number of nitrogens with one attached hydrogen (secondary N) is 1. The molecule has 0 radical (unpaired) electrons. The van der Waals surface area contributed by atoms with Crippen LogP contribution in [0.1, 0.15) is 16.8 Å². The first-order chi connectivity index (χ1) is 16.4. The Kier molecular flexibility index (Phi) is 6.96. The van der Waals surface area contributed by atoms with Crippen molar-refractivity contribution in [2.45, 2.75) is 6.42 Å². The number of rotatable bonds is 5. The number of carbonyl (C=O) groups excluding carboxylic acids is 3. The Hall–Kier alpha value is -4.07. The molecule has 6 nitrogen and oxygen atoms in total. The van der Waals surface area contributed by atoms with Gasteiger partial charge in [-0.25, -0.2) is 8.78 Å². The van der Waals surface area contributed by atoms with Gasteiger partial charge in [0.15, 0.2) is 0 Å². The summed E-state index contributed by atoms with van der Waals surface area (Å²) in [5.41, 5.74) is 2.33. The molecule has 0 atom stereocenters. The van der Waals surface area contributed by atoms with Crippen LogP contribution in [-0.4, -0.2) is 53.7 Å². The number of amides is 3. The number of hydrogen-bond acceptors (Lipinski definition) is 3. The van der Waals surface area contributed by atoms with Gasteiger partial charge in [0.25, 0.3) is 5.91 Å². The Morgan fingerprint density at radius 2 is 1.38 bits per heavy atom. The van der Waals surface area contributed by atoms with Gasteiger partial charge in [-0.2, -0.15) is 0 Å². The van der Waals surface area contributed by atoms with E-state index in [1.165, 1.54) is 9.80 Å². The van der Waals surface area contributed by atoms with Gasteiger partial charge in [0.2, 0.25) is 11.8 Å². The average Bonchev–Trinajstić information content (AvgIpc) is 2.86. The topological polar surface area (TPSA) is 69.7 Å². The molecule has 1 fully saturated rings. The lowest BCUT2D eigenvalue weighted by atomic mass is 10.1. The van der Waals surface area contributed by atoms with E-state index in [2.05, 4.69) is 5.32 Å². The molecule has 1 aliphatic rings. The third-order valence-corrected chi connectivity index (χ3v) is 5.67. The molecule has 0 saturated carbocycles. The normalized spacial score (nSPS) is 13.5. The minimum absolute atomic E-state index is 0.170. The molecular formula is C26H23F2N3O3. The lowest BCUT2D eigenvalue weighted by Gasteiger charge is -2.34. The van der Waals surface area contributed by atoms with Crippen LogP contribution in [0.15, 0.2) is 72.8 Å².